The zero-order chi connectivity index (χ0) is 18.0. The van der Waals surface area contributed by atoms with Crippen molar-refractivity contribution in [1.82, 2.24) is 4.90 Å². The molecule has 0 unspecified atom stereocenters. The minimum absolute atomic E-state index is 0. The monoisotopic (exact) mass is 415 g/mol. The molecule has 0 fully saturated rings. The van der Waals surface area contributed by atoms with Crippen molar-refractivity contribution < 1.29 is 14.0 Å². The number of nitrogens with one attached hydrogen (secondary N) is 1. The fourth-order valence-electron chi connectivity index (χ4n) is 2.72. The highest BCUT2D eigenvalue weighted by Crippen LogP contribution is 2.36. The molecule has 0 atom stereocenters. The van der Waals surface area contributed by atoms with Crippen LogP contribution < -0.4 is 11.1 Å². The van der Waals surface area contributed by atoms with Gasteiger partial charge in [-0.2, -0.15) is 0 Å². The van der Waals surface area contributed by atoms with Gasteiger partial charge in [0, 0.05) is 22.9 Å². The summed E-state index contributed by atoms with van der Waals surface area (Å²) in [6, 6.07) is 5.97. The Kier molecular flexibility index (Phi) is 7.05. The third kappa shape index (κ3) is 4.76. The molecule has 0 saturated carbocycles. The maximum absolute atomic E-state index is 12.9. The van der Waals surface area contributed by atoms with Crippen molar-refractivity contribution in [3.05, 3.63) is 46.1 Å². The molecule has 0 saturated heterocycles. The van der Waals surface area contributed by atoms with Gasteiger partial charge in [-0.25, -0.2) is 4.39 Å². The topological polar surface area (TPSA) is 75.4 Å². The van der Waals surface area contributed by atoms with E-state index in [-0.39, 0.29) is 29.9 Å². The van der Waals surface area contributed by atoms with Crippen LogP contribution in [0.5, 0.6) is 0 Å². The van der Waals surface area contributed by atoms with Crippen LogP contribution in [-0.2, 0) is 17.8 Å². The molecule has 9 heteroatoms. The van der Waals surface area contributed by atoms with Gasteiger partial charge in [0.15, 0.2) is 0 Å². The van der Waals surface area contributed by atoms with Gasteiger partial charge in [0.1, 0.15) is 10.8 Å². The molecule has 2 heterocycles. The highest BCUT2D eigenvalue weighted by Gasteiger charge is 2.26. The first-order valence-corrected chi connectivity index (χ1v) is 9.55. The van der Waals surface area contributed by atoms with Crippen LogP contribution in [0.15, 0.2) is 29.2 Å². The van der Waals surface area contributed by atoms with E-state index in [1.165, 1.54) is 35.2 Å². The summed E-state index contributed by atoms with van der Waals surface area (Å²) in [6.45, 7) is 1.61. The number of thioether (sulfide) groups is 1. The Morgan fingerprint density at radius 3 is 2.69 bits per heavy atom. The number of halogens is 2. The summed E-state index contributed by atoms with van der Waals surface area (Å²) < 4.78 is 12.9. The second kappa shape index (κ2) is 8.85. The van der Waals surface area contributed by atoms with Crippen LogP contribution in [0.2, 0.25) is 0 Å². The molecule has 1 aliphatic rings. The number of carbonyl (C=O) groups is 2. The van der Waals surface area contributed by atoms with E-state index >= 15 is 0 Å². The van der Waals surface area contributed by atoms with Crippen molar-refractivity contribution in [3.8, 4) is 0 Å². The van der Waals surface area contributed by atoms with E-state index in [1.54, 1.807) is 12.1 Å². The van der Waals surface area contributed by atoms with E-state index < -0.39 is 5.91 Å². The van der Waals surface area contributed by atoms with E-state index in [0.717, 1.165) is 34.8 Å². The molecule has 3 N–H and O–H groups in total. The number of hydrogen-bond donors (Lipinski definition) is 2. The first-order valence-electron chi connectivity index (χ1n) is 7.75. The van der Waals surface area contributed by atoms with Crippen LogP contribution in [0.25, 0.3) is 0 Å². The Labute approximate surface area is 165 Å². The standard InChI is InChI=1S/C17H18FN3O2S2.ClH/c1-21-7-6-12-13(8-21)25-17(15(12)16(19)23)20-14(22)9-24-11-4-2-10(18)3-5-11;/h2-5H,6-9H2,1H3,(H2,19,23)(H,20,22);1H. The second-order valence-corrected chi connectivity index (χ2v) is 8.00. The third-order valence-corrected chi connectivity index (χ3v) is 6.07. The average molecular weight is 416 g/mol. The maximum atomic E-state index is 12.9. The smallest absolute Gasteiger partial charge is 0.251 e. The first-order chi connectivity index (χ1) is 11.9. The number of likely N-dealkylation sites (N-methyl/N-ethyl adjacent to an activating group) is 1. The molecule has 1 aliphatic heterocycles. The minimum Gasteiger partial charge on any atom is -0.365 e. The van der Waals surface area contributed by atoms with E-state index in [9.17, 15) is 14.0 Å². The number of nitrogens with zero attached hydrogens (tertiary/aromatic N) is 1. The number of nitrogens with two attached hydrogens (primary N) is 1. The van der Waals surface area contributed by atoms with E-state index in [4.69, 9.17) is 5.73 Å². The first kappa shape index (κ1) is 20.7. The number of anilines is 1. The molecule has 26 heavy (non-hydrogen) atoms. The van der Waals surface area contributed by atoms with Gasteiger partial charge in [0.05, 0.1) is 11.3 Å². The molecule has 0 aliphatic carbocycles. The van der Waals surface area contributed by atoms with Gasteiger partial charge in [0.25, 0.3) is 5.91 Å². The Morgan fingerprint density at radius 1 is 1.35 bits per heavy atom. The minimum atomic E-state index is -0.511. The van der Waals surface area contributed by atoms with Crippen molar-refractivity contribution in [2.24, 2.45) is 5.73 Å². The van der Waals surface area contributed by atoms with Gasteiger partial charge in [0.2, 0.25) is 5.91 Å². The van der Waals surface area contributed by atoms with Crippen molar-refractivity contribution >= 4 is 52.3 Å². The lowest BCUT2D eigenvalue weighted by Crippen LogP contribution is -2.27. The molecule has 0 radical (unpaired) electrons. The van der Waals surface area contributed by atoms with E-state index in [2.05, 4.69) is 10.2 Å². The van der Waals surface area contributed by atoms with E-state index in [1.807, 2.05) is 7.05 Å². The Balaban J connectivity index is 0.00000243. The molecule has 3 rings (SSSR count). The molecule has 140 valence electrons. The SMILES string of the molecule is CN1CCc2c(sc(NC(=O)CSc3ccc(F)cc3)c2C(N)=O)C1.Cl. The molecule has 2 amide bonds. The van der Waals surface area contributed by atoms with Gasteiger partial charge in [-0.15, -0.1) is 35.5 Å². The number of thiophene rings is 1. The summed E-state index contributed by atoms with van der Waals surface area (Å²) in [5.41, 5.74) is 6.93. The van der Waals surface area contributed by atoms with Crippen LogP contribution in [0.3, 0.4) is 0 Å². The fourth-order valence-corrected chi connectivity index (χ4v) is 4.77. The summed E-state index contributed by atoms with van der Waals surface area (Å²) in [5.74, 6) is -0.867. The molecular weight excluding hydrogens is 397 g/mol. The van der Waals surface area contributed by atoms with Crippen molar-refractivity contribution in [3.63, 3.8) is 0 Å². The second-order valence-electron chi connectivity index (χ2n) is 5.85. The third-order valence-electron chi connectivity index (χ3n) is 3.93. The number of rotatable bonds is 5. The molecular formula is C17H19ClFN3O2S2. The molecule has 1 aromatic carbocycles. The lowest BCUT2D eigenvalue weighted by atomic mass is 10.0. The molecule has 5 nitrogen and oxygen atoms in total. The predicted molar refractivity (Wildman–Crippen MR) is 106 cm³/mol. The van der Waals surface area contributed by atoms with Crippen molar-refractivity contribution in [2.75, 3.05) is 24.7 Å². The highest BCUT2D eigenvalue weighted by atomic mass is 35.5. The average Bonchev–Trinajstić information content (AvgIpc) is 2.91. The zero-order valence-corrected chi connectivity index (χ0v) is 16.5. The zero-order valence-electron chi connectivity index (χ0n) is 14.1. The summed E-state index contributed by atoms with van der Waals surface area (Å²) in [5, 5.41) is 3.34. The maximum Gasteiger partial charge on any atom is 0.251 e. The summed E-state index contributed by atoms with van der Waals surface area (Å²) in [4.78, 5) is 28.1. The fraction of sp³-hybridized carbons (Fsp3) is 0.294. The summed E-state index contributed by atoms with van der Waals surface area (Å²) >= 11 is 2.72. The van der Waals surface area contributed by atoms with E-state index in [0.29, 0.717) is 10.6 Å². The van der Waals surface area contributed by atoms with Gasteiger partial charge < -0.3 is 16.0 Å². The number of primary amides is 1. The number of amides is 2. The van der Waals surface area contributed by atoms with Gasteiger partial charge in [-0.1, -0.05) is 0 Å². The largest absolute Gasteiger partial charge is 0.365 e. The Morgan fingerprint density at radius 2 is 2.04 bits per heavy atom. The lowest BCUT2D eigenvalue weighted by molar-refractivity contribution is -0.113. The number of benzene rings is 1. The molecule has 0 bridgehead atoms. The van der Waals surface area contributed by atoms with Gasteiger partial charge in [-0.05, 0) is 43.3 Å². The normalized spacial score (nSPS) is 13.6. The Hall–Kier alpha value is -1.61. The number of hydrogen-bond acceptors (Lipinski definition) is 5. The molecule has 2 aromatic rings. The molecule has 0 spiro atoms. The lowest BCUT2D eigenvalue weighted by Gasteiger charge is -2.22. The number of fused-ring (bicyclic) bond motifs is 1. The molecule has 1 aromatic heterocycles. The van der Waals surface area contributed by atoms with Crippen molar-refractivity contribution in [1.29, 1.82) is 0 Å². The quantitative estimate of drug-likeness (QED) is 0.735. The van der Waals surface area contributed by atoms with Gasteiger partial charge in [-0.3, -0.25) is 9.59 Å². The van der Waals surface area contributed by atoms with Crippen LogP contribution >= 0.6 is 35.5 Å². The van der Waals surface area contributed by atoms with Crippen LogP contribution in [-0.4, -0.2) is 36.1 Å². The van der Waals surface area contributed by atoms with Crippen LogP contribution in [0.4, 0.5) is 9.39 Å². The van der Waals surface area contributed by atoms with Crippen LogP contribution in [0, 0.1) is 5.82 Å². The van der Waals surface area contributed by atoms with Crippen LogP contribution in [0.1, 0.15) is 20.8 Å². The summed E-state index contributed by atoms with van der Waals surface area (Å²) in [6.07, 6.45) is 0.751. The Bertz CT molecular complexity index is 811. The number of carbonyl (C=O) groups excluding carboxylic acids is 2. The predicted octanol–water partition coefficient (Wildman–Crippen LogP) is 3.13. The van der Waals surface area contributed by atoms with Crippen molar-refractivity contribution in [2.45, 2.75) is 17.9 Å². The highest BCUT2D eigenvalue weighted by molar-refractivity contribution is 8.00. The summed E-state index contributed by atoms with van der Waals surface area (Å²) in [7, 11) is 2.02. The van der Waals surface area contributed by atoms with Gasteiger partial charge >= 0.3 is 0 Å².